The fraction of sp³-hybridized carbons (Fsp3) is 0.706. The van der Waals surface area contributed by atoms with Crippen molar-refractivity contribution in [2.24, 2.45) is 5.92 Å². The van der Waals surface area contributed by atoms with E-state index in [0.717, 1.165) is 51.7 Å². The van der Waals surface area contributed by atoms with Gasteiger partial charge in [0.2, 0.25) is 5.91 Å². The second-order valence-electron chi connectivity index (χ2n) is 6.22. The number of amides is 1. The number of carbonyl (C=O) groups is 1. The average molecular weight is 322 g/mol. The lowest BCUT2D eigenvalue weighted by molar-refractivity contribution is -0.121. The van der Waals surface area contributed by atoms with Crippen molar-refractivity contribution < 1.29 is 18.7 Å². The number of aryl methyl sites for hydroxylation is 1. The Kier molecular flexibility index (Phi) is 6.07. The summed E-state index contributed by atoms with van der Waals surface area (Å²) in [5, 5.41) is 3.10. The lowest BCUT2D eigenvalue weighted by atomic mass is 9.96. The SMILES string of the molecule is O=C(CCc1ccco1)NC[C@@H]([C@@H]1CCOC1)N1CCOCC1. The van der Waals surface area contributed by atoms with Crippen LogP contribution in [0.4, 0.5) is 0 Å². The van der Waals surface area contributed by atoms with Crippen molar-refractivity contribution in [3.63, 3.8) is 0 Å². The number of furan rings is 1. The van der Waals surface area contributed by atoms with Crippen LogP contribution in [0.3, 0.4) is 0 Å². The molecule has 6 heteroatoms. The summed E-state index contributed by atoms with van der Waals surface area (Å²) < 4.78 is 16.3. The maximum Gasteiger partial charge on any atom is 0.220 e. The Morgan fingerprint density at radius 1 is 1.30 bits per heavy atom. The van der Waals surface area contributed by atoms with Crippen molar-refractivity contribution in [1.29, 1.82) is 0 Å². The minimum atomic E-state index is 0.0820. The highest BCUT2D eigenvalue weighted by atomic mass is 16.5. The maximum absolute atomic E-state index is 12.1. The number of ether oxygens (including phenoxy) is 2. The fourth-order valence-electron chi connectivity index (χ4n) is 3.36. The van der Waals surface area contributed by atoms with E-state index < -0.39 is 0 Å². The summed E-state index contributed by atoms with van der Waals surface area (Å²) in [5.41, 5.74) is 0. The van der Waals surface area contributed by atoms with Gasteiger partial charge in [0.05, 0.1) is 26.1 Å². The van der Waals surface area contributed by atoms with E-state index >= 15 is 0 Å². The highest BCUT2D eigenvalue weighted by molar-refractivity contribution is 5.76. The van der Waals surface area contributed by atoms with Gasteiger partial charge < -0.3 is 19.2 Å². The lowest BCUT2D eigenvalue weighted by Gasteiger charge is -2.37. The molecule has 0 radical (unpaired) electrons. The first-order chi connectivity index (χ1) is 11.3. The number of morpholine rings is 1. The Labute approximate surface area is 137 Å². The molecule has 0 unspecified atom stereocenters. The van der Waals surface area contributed by atoms with Crippen LogP contribution in [0.1, 0.15) is 18.6 Å². The van der Waals surface area contributed by atoms with Gasteiger partial charge in [-0.05, 0) is 18.6 Å². The van der Waals surface area contributed by atoms with Crippen molar-refractivity contribution in [2.45, 2.75) is 25.3 Å². The molecule has 1 amide bonds. The highest BCUT2D eigenvalue weighted by Crippen LogP contribution is 2.21. The molecule has 0 spiro atoms. The van der Waals surface area contributed by atoms with Crippen LogP contribution in [0.2, 0.25) is 0 Å². The van der Waals surface area contributed by atoms with E-state index in [1.807, 2.05) is 12.1 Å². The molecule has 3 heterocycles. The Hall–Kier alpha value is -1.37. The first-order valence-electron chi connectivity index (χ1n) is 8.51. The maximum atomic E-state index is 12.1. The fourth-order valence-corrected chi connectivity index (χ4v) is 3.36. The van der Waals surface area contributed by atoms with Gasteiger partial charge in [0.15, 0.2) is 0 Å². The number of hydrogen-bond acceptors (Lipinski definition) is 5. The Bertz CT molecular complexity index is 465. The van der Waals surface area contributed by atoms with Crippen molar-refractivity contribution in [2.75, 3.05) is 46.1 Å². The van der Waals surface area contributed by atoms with Gasteiger partial charge in [-0.2, -0.15) is 0 Å². The number of nitrogens with one attached hydrogen (secondary N) is 1. The van der Waals surface area contributed by atoms with Crippen LogP contribution < -0.4 is 5.32 Å². The van der Waals surface area contributed by atoms with Gasteiger partial charge in [-0.15, -0.1) is 0 Å². The summed E-state index contributed by atoms with van der Waals surface area (Å²) in [6.07, 6.45) is 3.82. The van der Waals surface area contributed by atoms with E-state index in [2.05, 4.69) is 10.2 Å². The van der Waals surface area contributed by atoms with Gasteiger partial charge in [-0.25, -0.2) is 0 Å². The Morgan fingerprint density at radius 2 is 2.17 bits per heavy atom. The lowest BCUT2D eigenvalue weighted by Crippen LogP contribution is -2.52. The van der Waals surface area contributed by atoms with Crippen LogP contribution >= 0.6 is 0 Å². The van der Waals surface area contributed by atoms with Crippen molar-refractivity contribution in [3.05, 3.63) is 24.2 Å². The molecular formula is C17H26N2O4. The summed E-state index contributed by atoms with van der Waals surface area (Å²) in [7, 11) is 0. The second-order valence-corrected chi connectivity index (χ2v) is 6.22. The van der Waals surface area contributed by atoms with Crippen molar-refractivity contribution >= 4 is 5.91 Å². The van der Waals surface area contributed by atoms with E-state index in [1.165, 1.54) is 0 Å². The first-order valence-corrected chi connectivity index (χ1v) is 8.51. The van der Waals surface area contributed by atoms with Crippen LogP contribution in [0.5, 0.6) is 0 Å². The molecule has 23 heavy (non-hydrogen) atoms. The number of nitrogens with zero attached hydrogens (tertiary/aromatic N) is 1. The van der Waals surface area contributed by atoms with Gasteiger partial charge >= 0.3 is 0 Å². The van der Waals surface area contributed by atoms with Gasteiger partial charge in [0.25, 0.3) is 0 Å². The molecule has 0 saturated carbocycles. The van der Waals surface area contributed by atoms with E-state index in [9.17, 15) is 4.79 Å². The monoisotopic (exact) mass is 322 g/mol. The Morgan fingerprint density at radius 3 is 2.87 bits per heavy atom. The third-order valence-electron chi connectivity index (χ3n) is 4.71. The van der Waals surface area contributed by atoms with Crippen LogP contribution in [0, 0.1) is 5.92 Å². The molecule has 2 aliphatic heterocycles. The standard InChI is InChI=1S/C17H26N2O4/c20-17(4-3-15-2-1-8-23-15)18-12-16(14-5-9-22-13-14)19-6-10-21-11-7-19/h1-2,8,14,16H,3-7,9-13H2,(H,18,20)/t14-,16+/m1/s1. The second kappa shape index (κ2) is 8.47. The summed E-state index contributed by atoms with van der Waals surface area (Å²) >= 11 is 0. The first kappa shape index (κ1) is 16.5. The van der Waals surface area contributed by atoms with Crippen molar-refractivity contribution in [1.82, 2.24) is 10.2 Å². The van der Waals surface area contributed by atoms with Gasteiger partial charge in [0, 0.05) is 51.0 Å². The summed E-state index contributed by atoms with van der Waals surface area (Å²) in [6.45, 7) is 5.73. The summed E-state index contributed by atoms with van der Waals surface area (Å²) in [4.78, 5) is 14.6. The molecule has 2 aliphatic rings. The molecule has 128 valence electrons. The third kappa shape index (κ3) is 4.80. The molecular weight excluding hydrogens is 296 g/mol. The third-order valence-corrected chi connectivity index (χ3v) is 4.71. The predicted molar refractivity (Wildman–Crippen MR) is 85.1 cm³/mol. The molecule has 2 fully saturated rings. The molecule has 0 bridgehead atoms. The summed E-state index contributed by atoms with van der Waals surface area (Å²) in [5.74, 6) is 1.44. The molecule has 0 aliphatic carbocycles. The molecule has 6 nitrogen and oxygen atoms in total. The zero-order valence-corrected chi connectivity index (χ0v) is 13.5. The number of rotatable bonds is 7. The zero-order chi connectivity index (χ0) is 15.9. The summed E-state index contributed by atoms with van der Waals surface area (Å²) in [6, 6.07) is 4.09. The van der Waals surface area contributed by atoms with E-state index in [0.29, 0.717) is 31.3 Å². The molecule has 1 aromatic heterocycles. The van der Waals surface area contributed by atoms with Crippen LogP contribution in [-0.4, -0.2) is 62.9 Å². The van der Waals surface area contributed by atoms with Crippen molar-refractivity contribution in [3.8, 4) is 0 Å². The highest BCUT2D eigenvalue weighted by Gasteiger charge is 2.31. The smallest absolute Gasteiger partial charge is 0.220 e. The zero-order valence-electron chi connectivity index (χ0n) is 13.5. The molecule has 1 N–H and O–H groups in total. The van der Waals surface area contributed by atoms with E-state index in [4.69, 9.17) is 13.9 Å². The van der Waals surface area contributed by atoms with Gasteiger partial charge in [-0.1, -0.05) is 0 Å². The quantitative estimate of drug-likeness (QED) is 0.813. The van der Waals surface area contributed by atoms with Crippen LogP contribution in [0.25, 0.3) is 0 Å². The predicted octanol–water partition coefficient (Wildman–Crippen LogP) is 1.07. The molecule has 3 rings (SSSR count). The number of hydrogen-bond donors (Lipinski definition) is 1. The number of carbonyl (C=O) groups excluding carboxylic acids is 1. The molecule has 2 atom stereocenters. The van der Waals surface area contributed by atoms with Crippen LogP contribution in [0.15, 0.2) is 22.8 Å². The molecule has 1 aromatic rings. The van der Waals surface area contributed by atoms with Crippen LogP contribution in [-0.2, 0) is 20.7 Å². The molecule has 0 aromatic carbocycles. The van der Waals surface area contributed by atoms with Gasteiger partial charge in [0.1, 0.15) is 5.76 Å². The normalized spacial score (nSPS) is 23.7. The van der Waals surface area contributed by atoms with E-state index in [-0.39, 0.29) is 5.91 Å². The topological polar surface area (TPSA) is 63.9 Å². The largest absolute Gasteiger partial charge is 0.469 e. The molecule has 2 saturated heterocycles. The minimum Gasteiger partial charge on any atom is -0.469 e. The van der Waals surface area contributed by atoms with E-state index in [1.54, 1.807) is 6.26 Å². The minimum absolute atomic E-state index is 0.0820. The Balaban J connectivity index is 1.47. The average Bonchev–Trinajstić information content (AvgIpc) is 3.28. The van der Waals surface area contributed by atoms with Gasteiger partial charge in [-0.3, -0.25) is 9.69 Å².